The molecule has 92 valence electrons. The molecular weight excluding hydrogens is 220 g/mol. The van der Waals surface area contributed by atoms with Crippen molar-refractivity contribution in [2.45, 2.75) is 32.2 Å². The third kappa shape index (κ3) is 3.27. The molecule has 17 heavy (non-hydrogen) atoms. The number of nitrogens with zero attached hydrogens (tertiary/aromatic N) is 1. The first-order valence-electron chi connectivity index (χ1n) is 5.45. The van der Waals surface area contributed by atoms with Gasteiger partial charge in [0.1, 0.15) is 5.54 Å². The van der Waals surface area contributed by atoms with E-state index in [0.29, 0.717) is 18.4 Å². The van der Waals surface area contributed by atoms with Gasteiger partial charge in [-0.3, -0.25) is 9.78 Å². The minimum atomic E-state index is -1.23. The Balaban J connectivity index is 2.82. The van der Waals surface area contributed by atoms with Gasteiger partial charge in [-0.15, -0.1) is 0 Å². The molecule has 0 bridgehead atoms. The normalized spacial score (nSPS) is 13.8. The van der Waals surface area contributed by atoms with E-state index < -0.39 is 17.4 Å². The molecule has 0 saturated carbocycles. The fraction of sp³-hybridized carbons (Fsp3) is 0.417. The Kier molecular flexibility index (Phi) is 4.20. The highest BCUT2D eigenvalue weighted by Gasteiger charge is 2.33. The molecule has 5 heteroatoms. The van der Waals surface area contributed by atoms with Crippen molar-refractivity contribution in [3.05, 3.63) is 30.1 Å². The van der Waals surface area contributed by atoms with Crippen LogP contribution in [-0.4, -0.2) is 27.5 Å². The van der Waals surface area contributed by atoms with Crippen LogP contribution in [-0.2, 0) is 4.79 Å². The maximum atomic E-state index is 11.8. The van der Waals surface area contributed by atoms with Crippen molar-refractivity contribution < 1.29 is 14.7 Å². The maximum absolute atomic E-state index is 11.8. The SMILES string of the molecule is CCCC(C)(NC(=O)c1cccnc1)C(=O)O. The van der Waals surface area contributed by atoms with Gasteiger partial charge in [0.15, 0.2) is 0 Å². The smallest absolute Gasteiger partial charge is 0.329 e. The van der Waals surface area contributed by atoms with Gasteiger partial charge in [0.25, 0.3) is 5.91 Å². The fourth-order valence-electron chi connectivity index (χ4n) is 1.54. The summed E-state index contributed by atoms with van der Waals surface area (Å²) in [5.41, 5.74) is -0.877. The van der Waals surface area contributed by atoms with Crippen LogP contribution in [0.25, 0.3) is 0 Å². The number of nitrogens with one attached hydrogen (secondary N) is 1. The number of carboxylic acids is 1. The predicted molar refractivity (Wildman–Crippen MR) is 62.7 cm³/mol. The van der Waals surface area contributed by atoms with Crippen LogP contribution in [0.4, 0.5) is 0 Å². The molecule has 0 fully saturated rings. The van der Waals surface area contributed by atoms with E-state index >= 15 is 0 Å². The molecule has 1 aromatic rings. The minimum absolute atomic E-state index is 0.357. The highest BCUT2D eigenvalue weighted by Crippen LogP contribution is 2.13. The average molecular weight is 236 g/mol. The van der Waals surface area contributed by atoms with E-state index in [2.05, 4.69) is 10.3 Å². The number of aliphatic carboxylic acids is 1. The number of hydrogen-bond acceptors (Lipinski definition) is 3. The lowest BCUT2D eigenvalue weighted by Gasteiger charge is -2.25. The van der Waals surface area contributed by atoms with Gasteiger partial charge in [0.2, 0.25) is 0 Å². The monoisotopic (exact) mass is 236 g/mol. The molecule has 1 unspecified atom stereocenters. The van der Waals surface area contributed by atoms with Gasteiger partial charge < -0.3 is 10.4 Å². The Bertz CT molecular complexity index is 405. The number of amides is 1. The van der Waals surface area contributed by atoms with Gasteiger partial charge in [0, 0.05) is 12.4 Å². The highest BCUT2D eigenvalue weighted by atomic mass is 16.4. The van der Waals surface area contributed by atoms with E-state index in [4.69, 9.17) is 5.11 Å². The number of hydrogen-bond donors (Lipinski definition) is 2. The van der Waals surface area contributed by atoms with Crippen molar-refractivity contribution in [1.82, 2.24) is 10.3 Å². The van der Waals surface area contributed by atoms with E-state index in [1.165, 1.54) is 13.1 Å². The van der Waals surface area contributed by atoms with Crippen LogP contribution in [0.2, 0.25) is 0 Å². The van der Waals surface area contributed by atoms with Crippen molar-refractivity contribution in [3.63, 3.8) is 0 Å². The third-order valence-electron chi connectivity index (χ3n) is 2.54. The zero-order chi connectivity index (χ0) is 12.9. The van der Waals surface area contributed by atoms with Crippen molar-refractivity contribution in [3.8, 4) is 0 Å². The summed E-state index contributed by atoms with van der Waals surface area (Å²) in [5, 5.41) is 11.7. The molecule has 0 aliphatic heterocycles. The summed E-state index contributed by atoms with van der Waals surface area (Å²) >= 11 is 0. The van der Waals surface area contributed by atoms with E-state index in [1.807, 2.05) is 6.92 Å². The number of carboxylic acid groups (broad SMARTS) is 1. The Morgan fingerprint density at radius 2 is 2.24 bits per heavy atom. The fourth-order valence-corrected chi connectivity index (χ4v) is 1.54. The molecule has 0 radical (unpaired) electrons. The van der Waals surface area contributed by atoms with E-state index in [0.717, 1.165) is 0 Å². The largest absolute Gasteiger partial charge is 0.480 e. The van der Waals surface area contributed by atoms with Crippen molar-refractivity contribution in [2.24, 2.45) is 0 Å². The molecule has 0 aromatic carbocycles. The number of rotatable bonds is 5. The lowest BCUT2D eigenvalue weighted by atomic mass is 9.96. The summed E-state index contributed by atoms with van der Waals surface area (Å²) in [5.74, 6) is -1.45. The van der Waals surface area contributed by atoms with Gasteiger partial charge in [-0.2, -0.15) is 0 Å². The quantitative estimate of drug-likeness (QED) is 0.811. The van der Waals surface area contributed by atoms with Crippen LogP contribution in [0.1, 0.15) is 37.0 Å². The molecule has 0 spiro atoms. The third-order valence-corrected chi connectivity index (χ3v) is 2.54. The molecule has 1 aromatic heterocycles. The Morgan fingerprint density at radius 1 is 1.53 bits per heavy atom. The number of pyridine rings is 1. The molecule has 1 rings (SSSR count). The van der Waals surface area contributed by atoms with E-state index in [1.54, 1.807) is 18.3 Å². The predicted octanol–water partition coefficient (Wildman–Crippen LogP) is 1.45. The summed E-state index contributed by atoms with van der Waals surface area (Å²) < 4.78 is 0. The molecule has 0 aliphatic carbocycles. The molecule has 1 heterocycles. The lowest BCUT2D eigenvalue weighted by molar-refractivity contribution is -0.144. The van der Waals surface area contributed by atoms with Gasteiger partial charge in [-0.25, -0.2) is 4.79 Å². The summed E-state index contributed by atoms with van der Waals surface area (Å²) in [7, 11) is 0. The molecule has 1 atom stereocenters. The van der Waals surface area contributed by atoms with Crippen molar-refractivity contribution in [1.29, 1.82) is 0 Å². The van der Waals surface area contributed by atoms with Crippen LogP contribution in [0.3, 0.4) is 0 Å². The maximum Gasteiger partial charge on any atom is 0.329 e. The summed E-state index contributed by atoms with van der Waals surface area (Å²) in [6.45, 7) is 3.38. The molecule has 2 N–H and O–H groups in total. The van der Waals surface area contributed by atoms with Crippen molar-refractivity contribution in [2.75, 3.05) is 0 Å². The Morgan fingerprint density at radius 3 is 2.71 bits per heavy atom. The molecule has 5 nitrogen and oxygen atoms in total. The van der Waals surface area contributed by atoms with Gasteiger partial charge in [-0.05, 0) is 25.5 Å². The van der Waals surface area contributed by atoms with E-state index in [9.17, 15) is 9.59 Å². The summed E-state index contributed by atoms with van der Waals surface area (Å²) in [6.07, 6.45) is 4.02. The zero-order valence-corrected chi connectivity index (χ0v) is 9.93. The molecule has 0 aliphatic rings. The van der Waals surface area contributed by atoms with E-state index in [-0.39, 0.29) is 0 Å². The second-order valence-electron chi connectivity index (χ2n) is 4.08. The summed E-state index contributed by atoms with van der Waals surface area (Å²) in [6, 6.07) is 3.23. The zero-order valence-electron chi connectivity index (χ0n) is 9.93. The molecular formula is C12H16N2O3. The van der Waals surface area contributed by atoms with Crippen molar-refractivity contribution >= 4 is 11.9 Å². The average Bonchev–Trinajstić information content (AvgIpc) is 2.30. The van der Waals surface area contributed by atoms with Crippen LogP contribution in [0, 0.1) is 0 Å². The first-order chi connectivity index (χ1) is 7.99. The summed E-state index contributed by atoms with van der Waals surface area (Å²) in [4.78, 5) is 26.8. The first kappa shape index (κ1) is 13.2. The van der Waals surface area contributed by atoms with Crippen LogP contribution in [0.15, 0.2) is 24.5 Å². The topological polar surface area (TPSA) is 79.3 Å². The van der Waals surface area contributed by atoms with Gasteiger partial charge in [0.05, 0.1) is 5.56 Å². The lowest BCUT2D eigenvalue weighted by Crippen LogP contribution is -2.52. The Labute approximate surface area is 99.9 Å². The second-order valence-corrected chi connectivity index (χ2v) is 4.08. The minimum Gasteiger partial charge on any atom is -0.480 e. The van der Waals surface area contributed by atoms with Gasteiger partial charge in [-0.1, -0.05) is 13.3 Å². The number of carbonyl (C=O) groups excluding carboxylic acids is 1. The van der Waals surface area contributed by atoms with Gasteiger partial charge >= 0.3 is 5.97 Å². The highest BCUT2D eigenvalue weighted by molar-refractivity contribution is 5.97. The van der Waals surface area contributed by atoms with Crippen LogP contribution >= 0.6 is 0 Å². The first-order valence-corrected chi connectivity index (χ1v) is 5.45. The van der Waals surface area contributed by atoms with Crippen LogP contribution in [0.5, 0.6) is 0 Å². The Hall–Kier alpha value is -1.91. The standard InChI is InChI=1S/C12H16N2O3/c1-3-6-12(2,11(16)17)14-10(15)9-5-4-7-13-8-9/h4-5,7-8H,3,6H2,1-2H3,(H,14,15)(H,16,17). The number of aromatic nitrogens is 1. The second kappa shape index (κ2) is 5.43. The molecule has 0 saturated heterocycles. The molecule has 1 amide bonds. The van der Waals surface area contributed by atoms with Crippen LogP contribution < -0.4 is 5.32 Å². The number of carbonyl (C=O) groups is 2.